The van der Waals surface area contributed by atoms with E-state index in [0.29, 0.717) is 11.3 Å². The van der Waals surface area contributed by atoms with Crippen LogP contribution in [0.15, 0.2) is 66.7 Å². The number of rotatable bonds is 6. The smallest absolute Gasteiger partial charge is 0.264 e. The Balaban J connectivity index is 1.55. The first-order valence-electron chi connectivity index (χ1n) is 9.24. The van der Waals surface area contributed by atoms with Crippen molar-refractivity contribution in [2.24, 2.45) is 0 Å². The Bertz CT molecular complexity index is 1060. The maximum atomic E-state index is 12.9. The van der Waals surface area contributed by atoms with Crippen molar-refractivity contribution in [1.82, 2.24) is 0 Å². The molecule has 0 spiro atoms. The number of ketones is 1. The maximum Gasteiger partial charge on any atom is 0.264 e. The highest BCUT2D eigenvalue weighted by Gasteiger charge is 2.50. The lowest BCUT2D eigenvalue weighted by molar-refractivity contribution is -0.141. The molecular weight excluding hydrogens is 354 g/mol. The van der Waals surface area contributed by atoms with Crippen LogP contribution in [0.25, 0.3) is 10.8 Å². The Morgan fingerprint density at radius 2 is 1.75 bits per heavy atom. The number of fused-ring (bicyclic) bond motifs is 2. The molecule has 0 aromatic heterocycles. The van der Waals surface area contributed by atoms with Gasteiger partial charge in [0.15, 0.2) is 5.60 Å². The van der Waals surface area contributed by atoms with E-state index in [0.717, 1.165) is 16.5 Å². The molecule has 142 valence electrons. The number of anilines is 1. The molecule has 1 amide bonds. The van der Waals surface area contributed by atoms with E-state index in [9.17, 15) is 14.7 Å². The normalized spacial score (nSPS) is 18.4. The van der Waals surface area contributed by atoms with Gasteiger partial charge in [0.1, 0.15) is 18.1 Å². The molecule has 0 aliphatic carbocycles. The number of para-hydroxylation sites is 1. The topological polar surface area (TPSA) is 66.8 Å². The summed E-state index contributed by atoms with van der Waals surface area (Å²) in [6.07, 6.45) is -0.233. The fourth-order valence-corrected chi connectivity index (χ4v) is 3.83. The van der Waals surface area contributed by atoms with Gasteiger partial charge >= 0.3 is 0 Å². The average molecular weight is 375 g/mol. The number of carbonyl (C=O) groups excluding carboxylic acids is 2. The molecule has 1 atom stereocenters. The molecule has 0 bridgehead atoms. The fraction of sp³-hybridized carbons (Fsp3) is 0.217. The lowest BCUT2D eigenvalue weighted by Crippen LogP contribution is -2.43. The van der Waals surface area contributed by atoms with Gasteiger partial charge in [0, 0.05) is 17.4 Å². The average Bonchev–Trinajstić information content (AvgIpc) is 2.89. The first kappa shape index (κ1) is 18.2. The molecule has 0 saturated carbocycles. The Labute approximate surface area is 163 Å². The van der Waals surface area contributed by atoms with Crippen molar-refractivity contribution in [3.8, 4) is 5.75 Å². The minimum absolute atomic E-state index is 0.233. The van der Waals surface area contributed by atoms with Gasteiger partial charge in [-0.05, 0) is 24.4 Å². The van der Waals surface area contributed by atoms with Crippen molar-refractivity contribution in [2.75, 3.05) is 18.1 Å². The lowest BCUT2D eigenvalue weighted by Gasteiger charge is -2.22. The largest absolute Gasteiger partial charge is 0.491 e. The molecule has 1 aliphatic heterocycles. The SMILES string of the molecule is CC(=O)CC1(O)C(=O)N(CCOc2cccc3ccccc23)c2ccccc21. The quantitative estimate of drug-likeness (QED) is 0.717. The fourth-order valence-electron chi connectivity index (χ4n) is 3.83. The molecular formula is C23H21NO4. The summed E-state index contributed by atoms with van der Waals surface area (Å²) in [6.45, 7) is 1.92. The van der Waals surface area contributed by atoms with Crippen LogP contribution < -0.4 is 9.64 Å². The molecule has 5 heteroatoms. The molecule has 0 fully saturated rings. The van der Waals surface area contributed by atoms with E-state index < -0.39 is 11.5 Å². The van der Waals surface area contributed by atoms with Crippen LogP contribution in [0.2, 0.25) is 0 Å². The van der Waals surface area contributed by atoms with Crippen molar-refractivity contribution in [3.63, 3.8) is 0 Å². The Kier molecular flexibility index (Phi) is 4.61. The second kappa shape index (κ2) is 7.09. The third-order valence-electron chi connectivity index (χ3n) is 5.07. The van der Waals surface area contributed by atoms with Gasteiger partial charge in [-0.3, -0.25) is 9.59 Å². The van der Waals surface area contributed by atoms with Gasteiger partial charge < -0.3 is 14.7 Å². The molecule has 1 aliphatic rings. The van der Waals surface area contributed by atoms with Crippen molar-refractivity contribution >= 4 is 28.2 Å². The third-order valence-corrected chi connectivity index (χ3v) is 5.07. The summed E-state index contributed by atoms with van der Waals surface area (Å²) in [5, 5.41) is 13.0. The Morgan fingerprint density at radius 1 is 1.04 bits per heavy atom. The standard InChI is InChI=1S/C23H21NO4/c1-16(25)15-23(27)19-10-4-5-11-20(19)24(22(23)26)13-14-28-21-12-6-8-17-7-2-3-9-18(17)21/h2-12,27H,13-15H2,1H3. The van der Waals surface area contributed by atoms with Crippen molar-refractivity contribution in [2.45, 2.75) is 18.9 Å². The zero-order chi connectivity index (χ0) is 19.7. The number of ether oxygens (including phenoxy) is 1. The van der Waals surface area contributed by atoms with E-state index in [1.807, 2.05) is 48.5 Å². The molecule has 28 heavy (non-hydrogen) atoms. The maximum absolute atomic E-state index is 12.9. The van der Waals surface area contributed by atoms with Gasteiger partial charge in [-0.2, -0.15) is 0 Å². The van der Waals surface area contributed by atoms with E-state index in [1.165, 1.54) is 11.8 Å². The van der Waals surface area contributed by atoms with Crippen LogP contribution in [0.4, 0.5) is 5.69 Å². The number of Topliss-reactive ketones (excluding diaryl/α,β-unsaturated/α-hetero) is 1. The highest BCUT2D eigenvalue weighted by atomic mass is 16.5. The zero-order valence-corrected chi connectivity index (χ0v) is 15.6. The van der Waals surface area contributed by atoms with Crippen LogP contribution in [-0.2, 0) is 15.2 Å². The van der Waals surface area contributed by atoms with E-state index >= 15 is 0 Å². The second-order valence-corrected chi connectivity index (χ2v) is 7.04. The van der Waals surface area contributed by atoms with Gasteiger partial charge in [-0.1, -0.05) is 54.6 Å². The summed E-state index contributed by atoms with van der Waals surface area (Å²) < 4.78 is 5.95. The Hall–Kier alpha value is -3.18. The lowest BCUT2D eigenvalue weighted by atomic mass is 9.90. The monoisotopic (exact) mass is 375 g/mol. The second-order valence-electron chi connectivity index (χ2n) is 7.04. The van der Waals surface area contributed by atoms with Crippen LogP contribution >= 0.6 is 0 Å². The van der Waals surface area contributed by atoms with Crippen molar-refractivity contribution < 1.29 is 19.4 Å². The minimum Gasteiger partial charge on any atom is -0.491 e. The number of hydrogen-bond donors (Lipinski definition) is 1. The highest BCUT2D eigenvalue weighted by molar-refractivity contribution is 6.08. The van der Waals surface area contributed by atoms with Gasteiger partial charge in [0.05, 0.1) is 12.2 Å². The molecule has 3 aromatic rings. The number of benzene rings is 3. The molecule has 1 heterocycles. The number of aliphatic hydroxyl groups is 1. The molecule has 5 nitrogen and oxygen atoms in total. The van der Waals surface area contributed by atoms with Crippen LogP contribution in [0, 0.1) is 0 Å². The molecule has 3 aromatic carbocycles. The zero-order valence-electron chi connectivity index (χ0n) is 15.6. The van der Waals surface area contributed by atoms with Crippen LogP contribution in [0.5, 0.6) is 5.75 Å². The van der Waals surface area contributed by atoms with E-state index in [-0.39, 0.29) is 25.4 Å². The first-order valence-corrected chi connectivity index (χ1v) is 9.24. The van der Waals surface area contributed by atoms with E-state index in [4.69, 9.17) is 4.74 Å². The summed E-state index contributed by atoms with van der Waals surface area (Å²) in [5.74, 6) is 0.0296. The van der Waals surface area contributed by atoms with Crippen LogP contribution in [0.1, 0.15) is 18.9 Å². The predicted octanol–water partition coefficient (Wildman–Crippen LogP) is 3.43. The summed E-state index contributed by atoms with van der Waals surface area (Å²) in [7, 11) is 0. The van der Waals surface area contributed by atoms with E-state index in [2.05, 4.69) is 0 Å². The van der Waals surface area contributed by atoms with E-state index in [1.54, 1.807) is 18.2 Å². The van der Waals surface area contributed by atoms with Crippen LogP contribution in [-0.4, -0.2) is 29.9 Å². The van der Waals surface area contributed by atoms with Crippen molar-refractivity contribution in [3.05, 3.63) is 72.3 Å². The van der Waals surface area contributed by atoms with Gasteiger partial charge in [0.25, 0.3) is 5.91 Å². The predicted molar refractivity (Wildman–Crippen MR) is 107 cm³/mol. The number of hydrogen-bond acceptors (Lipinski definition) is 4. The minimum atomic E-state index is -1.80. The first-order chi connectivity index (χ1) is 13.5. The number of carbonyl (C=O) groups is 2. The Morgan fingerprint density at radius 3 is 2.57 bits per heavy atom. The number of amides is 1. The van der Waals surface area contributed by atoms with Crippen LogP contribution in [0.3, 0.4) is 0 Å². The van der Waals surface area contributed by atoms with Gasteiger partial charge in [-0.15, -0.1) is 0 Å². The molecule has 0 radical (unpaired) electrons. The molecule has 4 rings (SSSR count). The number of nitrogens with zero attached hydrogens (tertiary/aromatic N) is 1. The molecule has 1 unspecified atom stereocenters. The molecule has 0 saturated heterocycles. The highest BCUT2D eigenvalue weighted by Crippen LogP contribution is 2.42. The third kappa shape index (κ3) is 3.04. The van der Waals surface area contributed by atoms with Gasteiger partial charge in [-0.25, -0.2) is 0 Å². The summed E-state index contributed by atoms with van der Waals surface area (Å²) in [4.78, 5) is 26.1. The van der Waals surface area contributed by atoms with Crippen molar-refractivity contribution in [1.29, 1.82) is 0 Å². The molecule has 1 N–H and O–H groups in total. The summed E-state index contributed by atoms with van der Waals surface area (Å²) >= 11 is 0. The summed E-state index contributed by atoms with van der Waals surface area (Å²) in [6, 6.07) is 20.8. The van der Waals surface area contributed by atoms with Gasteiger partial charge in [0.2, 0.25) is 0 Å². The summed E-state index contributed by atoms with van der Waals surface area (Å²) in [5.41, 5.74) is -0.708.